The normalized spacial score (nSPS) is 11.6. The van der Waals surface area contributed by atoms with Crippen LogP contribution >= 0.6 is 11.3 Å². The molecule has 0 aliphatic carbocycles. The highest BCUT2D eigenvalue weighted by Gasteiger charge is 2.17. The number of benzene rings is 2. The largest absolute Gasteiger partial charge is 0.460 e. The quantitative estimate of drug-likeness (QED) is 0.329. The van der Waals surface area contributed by atoms with Crippen molar-refractivity contribution in [3.05, 3.63) is 65.9 Å². The fraction of sp³-hybridized carbons (Fsp3) is 0.296. The van der Waals surface area contributed by atoms with E-state index in [9.17, 15) is 4.79 Å². The predicted molar refractivity (Wildman–Crippen MR) is 137 cm³/mol. The summed E-state index contributed by atoms with van der Waals surface area (Å²) >= 11 is 1.64. The number of rotatable bonds is 5. The van der Waals surface area contributed by atoms with Crippen LogP contribution in [0.15, 0.2) is 54.7 Å². The third kappa shape index (κ3) is 5.40. The van der Waals surface area contributed by atoms with Gasteiger partial charge in [-0.1, -0.05) is 24.3 Å². The second kappa shape index (κ2) is 8.94. The van der Waals surface area contributed by atoms with E-state index in [1.165, 1.54) is 0 Å². The Kier molecular flexibility index (Phi) is 6.21. The third-order valence-electron chi connectivity index (χ3n) is 5.22. The molecule has 5 nitrogen and oxygen atoms in total. The minimum absolute atomic E-state index is 0.217. The summed E-state index contributed by atoms with van der Waals surface area (Å²) in [5.41, 5.74) is 5.90. The summed E-state index contributed by atoms with van der Waals surface area (Å²) in [4.78, 5) is 23.6. The summed E-state index contributed by atoms with van der Waals surface area (Å²) in [5.74, 6) is 0.721. The Hall–Kier alpha value is -3.25. The van der Waals surface area contributed by atoms with Crippen molar-refractivity contribution in [2.75, 3.05) is 19.0 Å². The van der Waals surface area contributed by atoms with Gasteiger partial charge in [-0.2, -0.15) is 0 Å². The monoisotopic (exact) mass is 459 g/mol. The van der Waals surface area contributed by atoms with Gasteiger partial charge in [0.25, 0.3) is 0 Å². The first-order chi connectivity index (χ1) is 15.6. The van der Waals surface area contributed by atoms with E-state index < -0.39 is 5.60 Å². The van der Waals surface area contributed by atoms with Crippen molar-refractivity contribution in [3.63, 3.8) is 0 Å². The summed E-state index contributed by atoms with van der Waals surface area (Å²) in [6.07, 6.45) is 2.17. The number of nitrogens with zero attached hydrogens (tertiary/aromatic N) is 3. The first kappa shape index (κ1) is 22.9. The molecule has 4 rings (SSSR count). The lowest BCUT2D eigenvalue weighted by Gasteiger charge is -2.19. The first-order valence-electron chi connectivity index (χ1n) is 11.0. The Morgan fingerprint density at radius 1 is 1.03 bits per heavy atom. The molecule has 2 heterocycles. The molecule has 0 fully saturated rings. The van der Waals surface area contributed by atoms with Gasteiger partial charge < -0.3 is 9.64 Å². The van der Waals surface area contributed by atoms with E-state index in [1.54, 1.807) is 11.3 Å². The number of hydrogen-bond acceptors (Lipinski definition) is 6. The lowest BCUT2D eigenvalue weighted by atomic mass is 10.0. The van der Waals surface area contributed by atoms with Crippen LogP contribution in [-0.2, 0) is 16.0 Å². The number of ether oxygens (including phenoxy) is 1. The van der Waals surface area contributed by atoms with Gasteiger partial charge in [0.1, 0.15) is 16.4 Å². The molecule has 0 spiro atoms. The topological polar surface area (TPSA) is 55.3 Å². The van der Waals surface area contributed by atoms with E-state index in [2.05, 4.69) is 36.2 Å². The Bertz CT molecular complexity index is 1300. The van der Waals surface area contributed by atoms with Crippen molar-refractivity contribution >= 4 is 33.3 Å². The number of thiazole rings is 1. The standard InChI is InChI=1S/C27H29N3O2S/c1-17-13-19(20-9-12-24(28-16-20)30(5)6)8-10-21(17)26-29-22-11-7-18(14-23(22)33-26)15-25(31)32-27(2,3)4/h7-14,16H,15H2,1-6H3. The maximum atomic E-state index is 12.2. The molecule has 0 amide bonds. The molecule has 170 valence electrons. The molecule has 2 aromatic heterocycles. The van der Waals surface area contributed by atoms with Crippen LogP contribution in [0.2, 0.25) is 0 Å². The molecule has 2 aromatic carbocycles. The molecule has 0 radical (unpaired) electrons. The minimum atomic E-state index is -0.479. The van der Waals surface area contributed by atoms with Crippen LogP contribution in [0.25, 0.3) is 31.9 Å². The molecular formula is C27H29N3O2S. The number of anilines is 1. The van der Waals surface area contributed by atoms with E-state index in [4.69, 9.17) is 9.72 Å². The van der Waals surface area contributed by atoms with Gasteiger partial charge in [-0.3, -0.25) is 4.79 Å². The number of esters is 1. The summed E-state index contributed by atoms with van der Waals surface area (Å²) in [7, 11) is 3.97. The van der Waals surface area contributed by atoms with Crippen LogP contribution in [0.3, 0.4) is 0 Å². The van der Waals surface area contributed by atoms with Gasteiger partial charge in [0.15, 0.2) is 0 Å². The molecule has 0 atom stereocenters. The summed E-state index contributed by atoms with van der Waals surface area (Å²) in [5, 5.41) is 0.976. The van der Waals surface area contributed by atoms with Crippen LogP contribution in [0.5, 0.6) is 0 Å². The number of hydrogen-bond donors (Lipinski definition) is 0. The van der Waals surface area contributed by atoms with Gasteiger partial charge in [-0.25, -0.2) is 9.97 Å². The van der Waals surface area contributed by atoms with Gasteiger partial charge in [0.05, 0.1) is 16.6 Å². The minimum Gasteiger partial charge on any atom is -0.460 e. The molecule has 0 saturated carbocycles. The molecule has 0 aliphatic rings. The van der Waals surface area contributed by atoms with Gasteiger partial charge in [-0.05, 0) is 68.7 Å². The molecule has 0 unspecified atom stereocenters. The zero-order valence-electron chi connectivity index (χ0n) is 20.0. The van der Waals surface area contributed by atoms with Gasteiger partial charge >= 0.3 is 5.97 Å². The average Bonchev–Trinajstić information content (AvgIpc) is 3.15. The van der Waals surface area contributed by atoms with Crippen molar-refractivity contribution in [2.24, 2.45) is 0 Å². The lowest BCUT2D eigenvalue weighted by Crippen LogP contribution is -2.24. The fourth-order valence-corrected chi connectivity index (χ4v) is 4.76. The number of carbonyl (C=O) groups is 1. The van der Waals surface area contributed by atoms with Crippen LogP contribution in [0.1, 0.15) is 31.9 Å². The molecule has 0 aliphatic heterocycles. The molecule has 4 aromatic rings. The molecular weight excluding hydrogens is 430 g/mol. The van der Waals surface area contributed by atoms with Gasteiger partial charge in [-0.15, -0.1) is 11.3 Å². The van der Waals surface area contributed by atoms with Crippen molar-refractivity contribution in [2.45, 2.75) is 39.7 Å². The highest BCUT2D eigenvalue weighted by atomic mass is 32.1. The Morgan fingerprint density at radius 3 is 2.42 bits per heavy atom. The summed E-state index contributed by atoms with van der Waals surface area (Å²) in [6.45, 7) is 7.76. The van der Waals surface area contributed by atoms with E-state index >= 15 is 0 Å². The van der Waals surface area contributed by atoms with Crippen molar-refractivity contribution in [1.82, 2.24) is 9.97 Å². The zero-order chi connectivity index (χ0) is 23.8. The van der Waals surface area contributed by atoms with E-state index in [1.807, 2.05) is 70.2 Å². The highest BCUT2D eigenvalue weighted by Crippen LogP contribution is 2.34. The number of fused-ring (bicyclic) bond motifs is 1. The van der Waals surface area contributed by atoms with Crippen molar-refractivity contribution < 1.29 is 9.53 Å². The lowest BCUT2D eigenvalue weighted by molar-refractivity contribution is -0.153. The van der Waals surface area contributed by atoms with E-state index in [0.29, 0.717) is 0 Å². The summed E-state index contributed by atoms with van der Waals surface area (Å²) < 4.78 is 6.52. The zero-order valence-corrected chi connectivity index (χ0v) is 20.8. The summed E-state index contributed by atoms with van der Waals surface area (Å²) in [6, 6.07) is 16.5. The molecule has 0 saturated heterocycles. The van der Waals surface area contributed by atoms with Gasteiger partial charge in [0.2, 0.25) is 0 Å². The molecule has 0 bridgehead atoms. The van der Waals surface area contributed by atoms with E-state index in [0.717, 1.165) is 48.9 Å². The maximum absolute atomic E-state index is 12.2. The third-order valence-corrected chi connectivity index (χ3v) is 6.27. The highest BCUT2D eigenvalue weighted by molar-refractivity contribution is 7.21. The second-order valence-electron chi connectivity index (χ2n) is 9.41. The van der Waals surface area contributed by atoms with Crippen molar-refractivity contribution in [3.8, 4) is 21.7 Å². The number of aromatic nitrogens is 2. The van der Waals surface area contributed by atoms with E-state index in [-0.39, 0.29) is 12.4 Å². The molecule has 33 heavy (non-hydrogen) atoms. The van der Waals surface area contributed by atoms with Crippen LogP contribution < -0.4 is 4.90 Å². The Morgan fingerprint density at radius 2 is 1.79 bits per heavy atom. The second-order valence-corrected chi connectivity index (χ2v) is 10.4. The average molecular weight is 460 g/mol. The molecule has 6 heteroatoms. The first-order valence-corrected chi connectivity index (χ1v) is 11.8. The SMILES string of the molecule is Cc1cc(-c2ccc(N(C)C)nc2)ccc1-c1nc2ccc(CC(=O)OC(C)(C)C)cc2s1. The number of pyridine rings is 1. The van der Waals surface area contributed by atoms with Crippen molar-refractivity contribution in [1.29, 1.82) is 0 Å². The number of aryl methyl sites for hydroxylation is 1. The maximum Gasteiger partial charge on any atom is 0.310 e. The Balaban J connectivity index is 1.57. The van der Waals surface area contributed by atoms with Crippen LogP contribution in [-0.4, -0.2) is 35.6 Å². The predicted octanol–water partition coefficient (Wildman–Crippen LogP) is 6.28. The Labute approximate surface area is 199 Å². The molecule has 0 N–H and O–H groups in total. The van der Waals surface area contributed by atoms with Gasteiger partial charge in [0, 0.05) is 31.4 Å². The smallest absolute Gasteiger partial charge is 0.310 e. The van der Waals surface area contributed by atoms with Crippen LogP contribution in [0, 0.1) is 6.92 Å². The fourth-order valence-electron chi connectivity index (χ4n) is 3.64. The number of carbonyl (C=O) groups excluding carboxylic acids is 1. The van der Waals surface area contributed by atoms with Crippen LogP contribution in [0.4, 0.5) is 5.82 Å².